The quantitative estimate of drug-likeness (QED) is 0.664. The van der Waals surface area contributed by atoms with Gasteiger partial charge in [-0.25, -0.2) is 4.79 Å². The maximum atomic E-state index is 11.2. The molecular weight excluding hydrogens is 321 g/mol. The average molecular weight is 328 g/mol. The molecule has 0 unspecified atom stereocenters. The summed E-state index contributed by atoms with van der Waals surface area (Å²) in [4.78, 5) is 21.2. The Kier molecular flexibility index (Phi) is 4.30. The van der Waals surface area contributed by atoms with Gasteiger partial charge in [0.2, 0.25) is 0 Å². The van der Waals surface area contributed by atoms with Gasteiger partial charge in [0.05, 0.1) is 9.95 Å². The highest BCUT2D eigenvalue weighted by molar-refractivity contribution is 6.33. The zero-order chi connectivity index (χ0) is 15.6. The summed E-state index contributed by atoms with van der Waals surface area (Å²) in [6, 6.07) is 8.06. The molecule has 8 heteroatoms. The first-order valence-electron chi connectivity index (χ1n) is 5.53. The van der Waals surface area contributed by atoms with E-state index >= 15 is 0 Å². The molecule has 108 valence electrons. The second kappa shape index (κ2) is 5.99. The highest BCUT2D eigenvalue weighted by Crippen LogP contribution is 2.36. The molecule has 0 fully saturated rings. The largest absolute Gasteiger partial charge is 0.478 e. The second-order valence-corrected chi connectivity index (χ2v) is 4.77. The smallest absolute Gasteiger partial charge is 0.339 e. The predicted molar refractivity (Wildman–Crippen MR) is 76.6 cm³/mol. The van der Waals surface area contributed by atoms with Gasteiger partial charge in [-0.1, -0.05) is 23.2 Å². The molecule has 0 aliphatic carbocycles. The molecule has 0 spiro atoms. The molecule has 6 nitrogen and oxygen atoms in total. The van der Waals surface area contributed by atoms with Crippen LogP contribution in [0, 0.1) is 10.1 Å². The third-order valence-corrected chi connectivity index (χ3v) is 3.04. The lowest BCUT2D eigenvalue weighted by atomic mass is 10.1. The Morgan fingerprint density at radius 2 is 1.81 bits per heavy atom. The lowest BCUT2D eigenvalue weighted by Gasteiger charge is -2.10. The van der Waals surface area contributed by atoms with Crippen molar-refractivity contribution in [2.45, 2.75) is 0 Å². The fraction of sp³-hybridized carbons (Fsp3) is 0. The van der Waals surface area contributed by atoms with E-state index in [1.165, 1.54) is 12.1 Å². The summed E-state index contributed by atoms with van der Waals surface area (Å²) in [6.07, 6.45) is 0. The molecule has 1 N–H and O–H groups in total. The molecule has 21 heavy (non-hydrogen) atoms. The number of carboxylic acid groups (broad SMARTS) is 1. The molecule has 0 heterocycles. The van der Waals surface area contributed by atoms with E-state index in [1.54, 1.807) is 12.1 Å². The lowest BCUT2D eigenvalue weighted by molar-refractivity contribution is -0.384. The first-order valence-corrected chi connectivity index (χ1v) is 6.28. The number of hydrogen-bond acceptors (Lipinski definition) is 4. The van der Waals surface area contributed by atoms with E-state index in [2.05, 4.69) is 0 Å². The van der Waals surface area contributed by atoms with Crippen LogP contribution >= 0.6 is 23.2 Å². The second-order valence-electron chi connectivity index (χ2n) is 3.92. The number of nitro benzene ring substituents is 1. The van der Waals surface area contributed by atoms with Gasteiger partial charge >= 0.3 is 5.97 Å². The van der Waals surface area contributed by atoms with Crippen LogP contribution in [0.15, 0.2) is 36.4 Å². The SMILES string of the molecule is O=C(O)c1cc([N+](=O)[O-])cc(Cl)c1Oc1ccc(Cl)cc1. The van der Waals surface area contributed by atoms with E-state index in [-0.39, 0.29) is 10.8 Å². The van der Waals surface area contributed by atoms with Crippen LogP contribution in [-0.2, 0) is 0 Å². The summed E-state index contributed by atoms with van der Waals surface area (Å²) in [5.41, 5.74) is -0.829. The standard InChI is InChI=1S/C13H7Cl2NO5/c14-7-1-3-9(4-2-7)21-12-10(13(17)18)5-8(16(19)20)6-11(12)15/h1-6H,(H,17,18). The number of non-ortho nitro benzene ring substituents is 1. The Balaban J connectivity index is 2.49. The number of nitrogens with zero attached hydrogens (tertiary/aromatic N) is 1. The fourth-order valence-electron chi connectivity index (χ4n) is 1.57. The van der Waals surface area contributed by atoms with Crippen LogP contribution in [0.25, 0.3) is 0 Å². The molecule has 0 atom stereocenters. The Hall–Kier alpha value is -2.31. The van der Waals surface area contributed by atoms with Gasteiger partial charge < -0.3 is 9.84 Å². The average Bonchev–Trinajstić information content (AvgIpc) is 2.42. The van der Waals surface area contributed by atoms with Crippen molar-refractivity contribution in [2.24, 2.45) is 0 Å². The highest BCUT2D eigenvalue weighted by atomic mass is 35.5. The number of carbonyl (C=O) groups is 1. The number of benzene rings is 2. The van der Waals surface area contributed by atoms with E-state index in [9.17, 15) is 14.9 Å². The van der Waals surface area contributed by atoms with Crippen molar-refractivity contribution in [3.05, 3.63) is 62.1 Å². The van der Waals surface area contributed by atoms with Gasteiger partial charge in [-0.05, 0) is 24.3 Å². The van der Waals surface area contributed by atoms with Crippen molar-refractivity contribution < 1.29 is 19.6 Å². The summed E-state index contributed by atoms with van der Waals surface area (Å²) in [6.45, 7) is 0. The Morgan fingerprint density at radius 1 is 1.19 bits per heavy atom. The molecule has 0 saturated carbocycles. The minimum Gasteiger partial charge on any atom is -0.478 e. The summed E-state index contributed by atoms with van der Waals surface area (Å²) < 4.78 is 5.40. The number of halogens is 2. The minimum atomic E-state index is -1.38. The topological polar surface area (TPSA) is 89.7 Å². The summed E-state index contributed by atoms with van der Waals surface area (Å²) >= 11 is 11.6. The van der Waals surface area contributed by atoms with Crippen molar-refractivity contribution in [1.82, 2.24) is 0 Å². The summed E-state index contributed by atoms with van der Waals surface area (Å²) in [5.74, 6) is -1.25. The normalized spacial score (nSPS) is 10.2. The van der Waals surface area contributed by atoms with Crippen molar-refractivity contribution in [1.29, 1.82) is 0 Å². The molecule has 0 bridgehead atoms. The molecule has 0 aliphatic heterocycles. The molecule has 0 aromatic heterocycles. The third-order valence-electron chi connectivity index (χ3n) is 2.50. The third kappa shape index (κ3) is 3.42. The van der Waals surface area contributed by atoms with Gasteiger partial charge in [-0.15, -0.1) is 0 Å². The Labute approximate surface area is 128 Å². The maximum absolute atomic E-state index is 11.2. The zero-order valence-electron chi connectivity index (χ0n) is 10.2. The number of hydrogen-bond donors (Lipinski definition) is 1. The summed E-state index contributed by atoms with van der Waals surface area (Å²) in [5, 5.41) is 20.2. The molecule has 2 rings (SSSR count). The van der Waals surface area contributed by atoms with Gasteiger partial charge in [-0.2, -0.15) is 0 Å². The molecular formula is C13H7Cl2NO5. The van der Waals surface area contributed by atoms with Crippen molar-refractivity contribution in [2.75, 3.05) is 0 Å². The zero-order valence-corrected chi connectivity index (χ0v) is 11.8. The maximum Gasteiger partial charge on any atom is 0.339 e. The van der Waals surface area contributed by atoms with Crippen LogP contribution in [0.4, 0.5) is 5.69 Å². The van der Waals surface area contributed by atoms with Crippen molar-refractivity contribution in [3.63, 3.8) is 0 Å². The van der Waals surface area contributed by atoms with E-state index in [4.69, 9.17) is 33.0 Å². The molecule has 2 aromatic carbocycles. The molecule has 0 radical (unpaired) electrons. The van der Waals surface area contributed by atoms with Crippen LogP contribution in [0.3, 0.4) is 0 Å². The highest BCUT2D eigenvalue weighted by Gasteiger charge is 2.22. The Bertz CT molecular complexity index is 715. The fourth-order valence-corrected chi connectivity index (χ4v) is 1.95. The van der Waals surface area contributed by atoms with Crippen LogP contribution in [0.2, 0.25) is 10.0 Å². The number of rotatable bonds is 4. The number of ether oxygens (including phenoxy) is 1. The predicted octanol–water partition coefficient (Wildman–Crippen LogP) is 4.39. The number of aromatic carboxylic acids is 1. The molecule has 0 amide bonds. The Morgan fingerprint density at radius 3 is 2.33 bits per heavy atom. The first-order chi connectivity index (χ1) is 9.88. The number of carboxylic acids is 1. The van der Waals surface area contributed by atoms with Crippen LogP contribution in [-0.4, -0.2) is 16.0 Å². The summed E-state index contributed by atoms with van der Waals surface area (Å²) in [7, 11) is 0. The van der Waals surface area contributed by atoms with Crippen molar-refractivity contribution >= 4 is 34.9 Å². The minimum absolute atomic E-state index is 0.169. The van der Waals surface area contributed by atoms with Crippen LogP contribution in [0.5, 0.6) is 11.5 Å². The van der Waals surface area contributed by atoms with Gasteiger partial charge in [0.15, 0.2) is 5.75 Å². The number of nitro groups is 1. The van der Waals surface area contributed by atoms with Gasteiger partial charge in [0, 0.05) is 17.2 Å². The van der Waals surface area contributed by atoms with Gasteiger partial charge in [0.25, 0.3) is 5.69 Å². The van der Waals surface area contributed by atoms with Crippen LogP contribution in [0.1, 0.15) is 10.4 Å². The molecule has 2 aromatic rings. The van der Waals surface area contributed by atoms with Gasteiger partial charge in [0.1, 0.15) is 11.3 Å². The van der Waals surface area contributed by atoms with E-state index in [1.807, 2.05) is 0 Å². The van der Waals surface area contributed by atoms with E-state index in [0.29, 0.717) is 10.8 Å². The molecule has 0 saturated heterocycles. The van der Waals surface area contributed by atoms with Crippen molar-refractivity contribution in [3.8, 4) is 11.5 Å². The van der Waals surface area contributed by atoms with Crippen LogP contribution < -0.4 is 4.74 Å². The lowest BCUT2D eigenvalue weighted by Crippen LogP contribution is -2.02. The van der Waals surface area contributed by atoms with E-state index in [0.717, 1.165) is 12.1 Å². The monoisotopic (exact) mass is 327 g/mol. The van der Waals surface area contributed by atoms with Gasteiger partial charge in [-0.3, -0.25) is 10.1 Å². The molecule has 0 aliphatic rings. The first kappa shape index (κ1) is 15.1. The van der Waals surface area contributed by atoms with E-state index < -0.39 is 22.1 Å².